The topological polar surface area (TPSA) is 48.7 Å². The lowest BCUT2D eigenvalue weighted by molar-refractivity contribution is 0.0629. The number of ketones is 1. The van der Waals surface area contributed by atoms with Crippen LogP contribution in [0.25, 0.3) is 0 Å². The van der Waals surface area contributed by atoms with E-state index in [4.69, 9.17) is 13.9 Å². The molecule has 1 aromatic rings. The predicted octanol–water partition coefficient (Wildman–Crippen LogP) is 1.52. The van der Waals surface area contributed by atoms with Gasteiger partial charge in [-0.1, -0.05) is 0 Å². The Morgan fingerprint density at radius 1 is 1.60 bits per heavy atom. The van der Waals surface area contributed by atoms with E-state index in [2.05, 4.69) is 0 Å². The second-order valence-corrected chi connectivity index (χ2v) is 3.65. The van der Waals surface area contributed by atoms with Crippen LogP contribution in [-0.2, 0) is 9.47 Å². The van der Waals surface area contributed by atoms with Crippen molar-refractivity contribution in [3.8, 4) is 0 Å². The van der Waals surface area contributed by atoms with Crippen molar-refractivity contribution in [2.75, 3.05) is 26.4 Å². The van der Waals surface area contributed by atoms with E-state index in [-0.39, 0.29) is 12.4 Å². The molecule has 82 valence electrons. The molecule has 1 aromatic heterocycles. The predicted molar refractivity (Wildman–Crippen MR) is 52.8 cm³/mol. The Morgan fingerprint density at radius 3 is 3.20 bits per heavy atom. The summed E-state index contributed by atoms with van der Waals surface area (Å²) in [5.74, 6) is 0.686. The molecule has 1 aliphatic heterocycles. The van der Waals surface area contributed by atoms with Gasteiger partial charge in [-0.15, -0.1) is 0 Å². The Morgan fingerprint density at radius 2 is 2.53 bits per heavy atom. The fraction of sp³-hybridized carbons (Fsp3) is 0.545. The molecule has 0 bridgehead atoms. The van der Waals surface area contributed by atoms with E-state index < -0.39 is 0 Å². The van der Waals surface area contributed by atoms with Crippen LogP contribution in [0.5, 0.6) is 0 Å². The van der Waals surface area contributed by atoms with Crippen molar-refractivity contribution >= 4 is 5.78 Å². The van der Waals surface area contributed by atoms with Gasteiger partial charge < -0.3 is 13.9 Å². The van der Waals surface area contributed by atoms with Gasteiger partial charge in [0.05, 0.1) is 19.5 Å². The van der Waals surface area contributed by atoms with Gasteiger partial charge in [0.1, 0.15) is 6.61 Å². The van der Waals surface area contributed by atoms with Crippen LogP contribution in [0.3, 0.4) is 0 Å². The number of furan rings is 1. The SMILES string of the molecule is O=C(COCC1CCOC1)c1ccco1. The van der Waals surface area contributed by atoms with Gasteiger partial charge in [0, 0.05) is 12.5 Å². The minimum absolute atomic E-state index is 0.0873. The third-order valence-electron chi connectivity index (χ3n) is 2.41. The largest absolute Gasteiger partial charge is 0.461 e. The van der Waals surface area contributed by atoms with Crippen LogP contribution in [0.4, 0.5) is 0 Å². The summed E-state index contributed by atoms with van der Waals surface area (Å²) < 4.78 is 15.5. The number of carbonyl (C=O) groups is 1. The maximum Gasteiger partial charge on any atom is 0.223 e. The minimum Gasteiger partial charge on any atom is -0.461 e. The van der Waals surface area contributed by atoms with E-state index in [9.17, 15) is 4.79 Å². The summed E-state index contributed by atoms with van der Waals surface area (Å²) in [4.78, 5) is 11.4. The van der Waals surface area contributed by atoms with E-state index >= 15 is 0 Å². The van der Waals surface area contributed by atoms with E-state index in [0.29, 0.717) is 18.3 Å². The number of rotatable bonds is 5. The fourth-order valence-electron chi connectivity index (χ4n) is 1.54. The Bertz CT molecular complexity index is 298. The first-order valence-electron chi connectivity index (χ1n) is 5.08. The minimum atomic E-state index is -0.112. The van der Waals surface area contributed by atoms with Crippen LogP contribution < -0.4 is 0 Å². The summed E-state index contributed by atoms with van der Waals surface area (Å²) in [7, 11) is 0. The molecule has 1 fully saturated rings. The van der Waals surface area contributed by atoms with Crippen molar-refractivity contribution in [2.24, 2.45) is 5.92 Å². The first-order valence-corrected chi connectivity index (χ1v) is 5.08. The highest BCUT2D eigenvalue weighted by Crippen LogP contribution is 2.12. The molecule has 1 saturated heterocycles. The smallest absolute Gasteiger partial charge is 0.223 e. The zero-order chi connectivity index (χ0) is 10.5. The van der Waals surface area contributed by atoms with Gasteiger partial charge in [-0.05, 0) is 18.6 Å². The van der Waals surface area contributed by atoms with Crippen molar-refractivity contribution in [1.29, 1.82) is 0 Å². The number of hydrogen-bond acceptors (Lipinski definition) is 4. The average molecular weight is 210 g/mol. The summed E-state index contributed by atoms with van der Waals surface area (Å²) in [6.45, 7) is 2.23. The Kier molecular flexibility index (Phi) is 3.53. The lowest BCUT2D eigenvalue weighted by Crippen LogP contribution is -2.14. The van der Waals surface area contributed by atoms with E-state index in [1.807, 2.05) is 0 Å². The molecule has 4 nitrogen and oxygen atoms in total. The third kappa shape index (κ3) is 2.91. The molecule has 0 aromatic carbocycles. The maximum absolute atomic E-state index is 11.4. The second-order valence-electron chi connectivity index (χ2n) is 3.65. The summed E-state index contributed by atoms with van der Waals surface area (Å²) >= 11 is 0. The molecule has 0 N–H and O–H groups in total. The molecule has 1 atom stereocenters. The average Bonchev–Trinajstić information content (AvgIpc) is 2.90. The van der Waals surface area contributed by atoms with Crippen LogP contribution in [-0.4, -0.2) is 32.2 Å². The fourth-order valence-corrected chi connectivity index (χ4v) is 1.54. The molecule has 2 heterocycles. The van der Waals surface area contributed by atoms with Crippen molar-refractivity contribution in [3.63, 3.8) is 0 Å². The van der Waals surface area contributed by atoms with E-state index in [1.54, 1.807) is 12.1 Å². The normalized spacial score (nSPS) is 20.7. The van der Waals surface area contributed by atoms with Gasteiger partial charge in [0.2, 0.25) is 5.78 Å². The number of carbonyl (C=O) groups excluding carboxylic acids is 1. The molecular weight excluding hydrogens is 196 g/mol. The van der Waals surface area contributed by atoms with E-state index in [1.165, 1.54) is 6.26 Å². The van der Waals surface area contributed by atoms with Gasteiger partial charge in [-0.3, -0.25) is 4.79 Å². The van der Waals surface area contributed by atoms with Crippen LogP contribution in [0, 0.1) is 5.92 Å². The van der Waals surface area contributed by atoms with Crippen LogP contribution in [0.15, 0.2) is 22.8 Å². The van der Waals surface area contributed by atoms with Gasteiger partial charge >= 0.3 is 0 Å². The summed E-state index contributed by atoms with van der Waals surface area (Å²) in [6.07, 6.45) is 2.51. The Balaban J connectivity index is 1.67. The first kappa shape index (κ1) is 10.4. The highest BCUT2D eigenvalue weighted by Gasteiger charge is 2.16. The molecule has 0 aliphatic carbocycles. The summed E-state index contributed by atoms with van der Waals surface area (Å²) in [5.41, 5.74) is 0. The number of hydrogen-bond donors (Lipinski definition) is 0. The number of ether oxygens (including phenoxy) is 2. The highest BCUT2D eigenvalue weighted by molar-refractivity contribution is 5.94. The highest BCUT2D eigenvalue weighted by atomic mass is 16.5. The zero-order valence-electron chi connectivity index (χ0n) is 8.48. The molecule has 0 radical (unpaired) electrons. The standard InChI is InChI=1S/C11H14O4/c12-10(11-2-1-4-15-11)8-14-7-9-3-5-13-6-9/h1-2,4,9H,3,5-8H2. The van der Waals surface area contributed by atoms with Gasteiger partial charge in [0.25, 0.3) is 0 Å². The molecule has 2 rings (SSSR count). The lowest BCUT2D eigenvalue weighted by Gasteiger charge is -2.06. The monoisotopic (exact) mass is 210 g/mol. The number of Topliss-reactive ketones (excluding diaryl/α,β-unsaturated/α-hetero) is 1. The molecular formula is C11H14O4. The van der Waals surface area contributed by atoms with Crippen molar-refractivity contribution in [1.82, 2.24) is 0 Å². The molecule has 1 aliphatic rings. The molecule has 1 unspecified atom stereocenters. The van der Waals surface area contributed by atoms with Crippen LogP contribution in [0.2, 0.25) is 0 Å². The van der Waals surface area contributed by atoms with Gasteiger partial charge in [-0.2, -0.15) is 0 Å². The Labute approximate surface area is 88.2 Å². The molecule has 0 saturated carbocycles. The van der Waals surface area contributed by atoms with Gasteiger partial charge in [-0.25, -0.2) is 0 Å². The molecule has 0 amide bonds. The quantitative estimate of drug-likeness (QED) is 0.691. The Hall–Kier alpha value is -1.13. The summed E-state index contributed by atoms with van der Waals surface area (Å²) in [6, 6.07) is 3.34. The van der Waals surface area contributed by atoms with Gasteiger partial charge in [0.15, 0.2) is 5.76 Å². The van der Waals surface area contributed by atoms with E-state index in [0.717, 1.165) is 19.6 Å². The van der Waals surface area contributed by atoms with Crippen LogP contribution >= 0.6 is 0 Å². The third-order valence-corrected chi connectivity index (χ3v) is 2.41. The van der Waals surface area contributed by atoms with Crippen LogP contribution in [0.1, 0.15) is 17.0 Å². The first-order chi connectivity index (χ1) is 7.36. The zero-order valence-corrected chi connectivity index (χ0v) is 8.48. The molecule has 4 heteroatoms. The molecule has 15 heavy (non-hydrogen) atoms. The molecule has 0 spiro atoms. The lowest BCUT2D eigenvalue weighted by atomic mass is 10.1. The second kappa shape index (κ2) is 5.09. The van der Waals surface area contributed by atoms with Crippen molar-refractivity contribution in [2.45, 2.75) is 6.42 Å². The van der Waals surface area contributed by atoms with Crippen molar-refractivity contribution < 1.29 is 18.7 Å². The van der Waals surface area contributed by atoms with Crippen molar-refractivity contribution in [3.05, 3.63) is 24.2 Å². The maximum atomic E-state index is 11.4. The summed E-state index contributed by atoms with van der Waals surface area (Å²) in [5, 5.41) is 0.